The maximum atomic E-state index is 4.97. The van der Waals surface area contributed by atoms with Crippen molar-refractivity contribution in [3.8, 4) is 0 Å². The predicted octanol–water partition coefficient (Wildman–Crippen LogP) is -0.750. The summed E-state index contributed by atoms with van der Waals surface area (Å²) in [4.78, 5) is 4.32. The average Bonchev–Trinajstić information content (AvgIpc) is 2.19. The fourth-order valence-electron chi connectivity index (χ4n) is 0.576. The molecule has 1 heterocycles. The van der Waals surface area contributed by atoms with Gasteiger partial charge < -0.3 is 14.3 Å². The van der Waals surface area contributed by atoms with Gasteiger partial charge in [-0.15, -0.1) is 0 Å². The van der Waals surface area contributed by atoms with Gasteiger partial charge in [0.2, 0.25) is 0 Å². The molecule has 0 amide bonds. The van der Waals surface area contributed by atoms with Crippen LogP contribution in [0, 0.1) is 0 Å². The molecular formula is C4H9NO3. The molecule has 0 aliphatic carbocycles. The Morgan fingerprint density at radius 2 is 2.62 bits per heavy atom. The van der Waals surface area contributed by atoms with E-state index in [1.165, 1.54) is 0 Å². The Bertz CT molecular complexity index is 62.3. The molecule has 0 aromatic rings. The van der Waals surface area contributed by atoms with Gasteiger partial charge in [0.15, 0.2) is 0 Å². The summed E-state index contributed by atoms with van der Waals surface area (Å²) in [6, 6.07) is 0. The lowest BCUT2D eigenvalue weighted by Crippen LogP contribution is -2.19. The molecule has 0 bridgehead atoms. The van der Waals surface area contributed by atoms with E-state index in [4.69, 9.17) is 15.4 Å². The van der Waals surface area contributed by atoms with Gasteiger partial charge in [0.25, 0.3) is 0 Å². The molecule has 4 heteroatoms. The molecule has 1 atom stereocenters. The van der Waals surface area contributed by atoms with E-state index < -0.39 is 0 Å². The van der Waals surface area contributed by atoms with Crippen molar-refractivity contribution in [2.24, 2.45) is 5.90 Å². The third-order valence-electron chi connectivity index (χ3n) is 0.973. The molecule has 1 fully saturated rings. The zero-order chi connectivity index (χ0) is 5.82. The summed E-state index contributed by atoms with van der Waals surface area (Å²) in [6.07, 6.45) is 0.0417. The van der Waals surface area contributed by atoms with E-state index in [0.717, 1.165) is 0 Å². The molecule has 1 saturated heterocycles. The zero-order valence-electron chi connectivity index (χ0n) is 4.50. The molecule has 1 aliphatic heterocycles. The minimum Gasteiger partial charge on any atom is -0.353 e. The largest absolute Gasteiger partial charge is 0.353 e. The normalized spacial score (nSPS) is 28.9. The number of rotatable bonds is 2. The second-order valence-corrected chi connectivity index (χ2v) is 1.61. The Morgan fingerprint density at radius 3 is 3.12 bits per heavy atom. The predicted molar refractivity (Wildman–Crippen MR) is 25.8 cm³/mol. The maximum Gasteiger partial charge on any atom is 0.147 e. The Morgan fingerprint density at radius 1 is 1.75 bits per heavy atom. The monoisotopic (exact) mass is 119 g/mol. The van der Waals surface area contributed by atoms with E-state index in [-0.39, 0.29) is 6.10 Å². The van der Waals surface area contributed by atoms with Gasteiger partial charge in [0.1, 0.15) is 12.9 Å². The summed E-state index contributed by atoms with van der Waals surface area (Å²) in [5.41, 5.74) is 0. The van der Waals surface area contributed by atoms with Crippen molar-refractivity contribution in [2.45, 2.75) is 6.10 Å². The number of nitrogens with two attached hydrogens (primary N) is 1. The molecule has 1 rings (SSSR count). The number of hydrogen-bond donors (Lipinski definition) is 1. The Balaban J connectivity index is 2.06. The van der Waals surface area contributed by atoms with Crippen LogP contribution in [-0.2, 0) is 14.3 Å². The van der Waals surface area contributed by atoms with Crippen molar-refractivity contribution in [1.82, 2.24) is 0 Å². The molecule has 0 aromatic heterocycles. The molecule has 1 aliphatic rings. The lowest BCUT2D eigenvalue weighted by Gasteiger charge is -2.01. The Labute approximate surface area is 47.5 Å². The van der Waals surface area contributed by atoms with Crippen molar-refractivity contribution in [1.29, 1.82) is 0 Å². The van der Waals surface area contributed by atoms with E-state index in [2.05, 4.69) is 4.84 Å². The quantitative estimate of drug-likeness (QED) is 0.486. The summed E-state index contributed by atoms with van der Waals surface area (Å²) in [5, 5.41) is 0. The second kappa shape index (κ2) is 2.99. The molecule has 0 aromatic carbocycles. The summed E-state index contributed by atoms with van der Waals surface area (Å²) in [6.45, 7) is 1.38. The summed E-state index contributed by atoms with van der Waals surface area (Å²) < 4.78 is 9.82. The zero-order valence-corrected chi connectivity index (χ0v) is 4.50. The lowest BCUT2D eigenvalue weighted by molar-refractivity contribution is 0.00485. The molecule has 48 valence electrons. The van der Waals surface area contributed by atoms with Crippen LogP contribution in [-0.4, -0.2) is 26.1 Å². The third kappa shape index (κ3) is 1.41. The van der Waals surface area contributed by atoms with E-state index >= 15 is 0 Å². The standard InChI is InChI=1S/C4H9NO3/c5-8-2-4-1-6-3-7-4/h4H,1-3,5H2. The van der Waals surface area contributed by atoms with Crippen LogP contribution in [0.1, 0.15) is 0 Å². The van der Waals surface area contributed by atoms with Gasteiger partial charge in [-0.3, -0.25) is 0 Å². The van der Waals surface area contributed by atoms with Crippen LogP contribution < -0.4 is 5.90 Å². The summed E-state index contributed by atoms with van der Waals surface area (Å²) in [5.74, 6) is 4.77. The van der Waals surface area contributed by atoms with E-state index in [0.29, 0.717) is 20.0 Å². The first kappa shape index (κ1) is 5.97. The van der Waals surface area contributed by atoms with Crippen molar-refractivity contribution >= 4 is 0 Å². The van der Waals surface area contributed by atoms with Gasteiger partial charge in [0, 0.05) is 0 Å². The number of ether oxygens (including phenoxy) is 2. The van der Waals surface area contributed by atoms with Gasteiger partial charge in [-0.25, -0.2) is 5.90 Å². The highest BCUT2D eigenvalue weighted by Crippen LogP contribution is 2.01. The molecule has 1 unspecified atom stereocenters. The highest BCUT2D eigenvalue weighted by molar-refractivity contribution is 4.56. The molecule has 0 saturated carbocycles. The molecule has 8 heavy (non-hydrogen) atoms. The molecule has 2 N–H and O–H groups in total. The van der Waals surface area contributed by atoms with Crippen molar-refractivity contribution < 1.29 is 14.3 Å². The molecule has 0 radical (unpaired) electrons. The highest BCUT2D eigenvalue weighted by Gasteiger charge is 2.14. The molecule has 4 nitrogen and oxygen atoms in total. The van der Waals surface area contributed by atoms with E-state index in [1.807, 2.05) is 0 Å². The Hall–Kier alpha value is -0.160. The van der Waals surface area contributed by atoms with Crippen LogP contribution in [0.25, 0.3) is 0 Å². The van der Waals surface area contributed by atoms with Crippen LogP contribution in [0.5, 0.6) is 0 Å². The second-order valence-electron chi connectivity index (χ2n) is 1.61. The summed E-state index contributed by atoms with van der Waals surface area (Å²) in [7, 11) is 0. The van der Waals surface area contributed by atoms with Crippen molar-refractivity contribution in [3.63, 3.8) is 0 Å². The van der Waals surface area contributed by atoms with E-state index in [9.17, 15) is 0 Å². The van der Waals surface area contributed by atoms with Gasteiger partial charge in [0.05, 0.1) is 13.2 Å². The van der Waals surface area contributed by atoms with Gasteiger partial charge >= 0.3 is 0 Å². The molecule has 0 spiro atoms. The van der Waals surface area contributed by atoms with Crippen molar-refractivity contribution in [3.05, 3.63) is 0 Å². The van der Waals surface area contributed by atoms with Crippen LogP contribution in [0.15, 0.2) is 0 Å². The lowest BCUT2D eigenvalue weighted by atomic mass is 10.4. The minimum atomic E-state index is 0.0417. The fraction of sp³-hybridized carbons (Fsp3) is 1.00. The number of hydrogen-bond acceptors (Lipinski definition) is 4. The van der Waals surface area contributed by atoms with Crippen LogP contribution in [0.4, 0.5) is 0 Å². The smallest absolute Gasteiger partial charge is 0.147 e. The van der Waals surface area contributed by atoms with Gasteiger partial charge in [-0.05, 0) is 0 Å². The SMILES string of the molecule is NOCC1COCO1. The third-order valence-corrected chi connectivity index (χ3v) is 0.973. The maximum absolute atomic E-state index is 4.97. The van der Waals surface area contributed by atoms with E-state index in [1.54, 1.807) is 0 Å². The molecular weight excluding hydrogens is 110 g/mol. The fourth-order valence-corrected chi connectivity index (χ4v) is 0.576. The van der Waals surface area contributed by atoms with Gasteiger partial charge in [-0.1, -0.05) is 0 Å². The van der Waals surface area contributed by atoms with Crippen LogP contribution >= 0.6 is 0 Å². The van der Waals surface area contributed by atoms with Gasteiger partial charge in [-0.2, -0.15) is 0 Å². The summed E-state index contributed by atoms with van der Waals surface area (Å²) >= 11 is 0. The van der Waals surface area contributed by atoms with Crippen molar-refractivity contribution in [2.75, 3.05) is 20.0 Å². The topological polar surface area (TPSA) is 53.7 Å². The Kier molecular flexibility index (Phi) is 2.23. The minimum absolute atomic E-state index is 0.0417. The van der Waals surface area contributed by atoms with Crippen LogP contribution in [0.2, 0.25) is 0 Å². The first-order valence-electron chi connectivity index (χ1n) is 2.44. The van der Waals surface area contributed by atoms with Crippen LogP contribution in [0.3, 0.4) is 0 Å². The highest BCUT2D eigenvalue weighted by atomic mass is 16.7. The first-order chi connectivity index (χ1) is 3.93. The average molecular weight is 119 g/mol. The first-order valence-corrected chi connectivity index (χ1v) is 2.44.